The summed E-state index contributed by atoms with van der Waals surface area (Å²) in [4.78, 5) is 4.35. The molecule has 0 amide bonds. The van der Waals surface area contributed by atoms with Crippen molar-refractivity contribution in [1.29, 1.82) is 0 Å². The number of para-hydroxylation sites is 2. The highest BCUT2D eigenvalue weighted by Gasteiger charge is 2.31. The Morgan fingerprint density at radius 2 is 1.19 bits per heavy atom. The molecule has 2 aliphatic heterocycles. The fourth-order valence-corrected chi connectivity index (χ4v) is 10.3. The number of allylic oxidation sites excluding steroid dienone is 9. The number of ether oxygens (including phenoxy) is 2. The Bertz CT molecular complexity index is 3210. The van der Waals surface area contributed by atoms with Crippen LogP contribution in [0.3, 0.4) is 0 Å². The molecule has 3 aliphatic rings. The molecule has 0 saturated heterocycles. The van der Waals surface area contributed by atoms with E-state index in [1.165, 1.54) is 11.1 Å². The van der Waals surface area contributed by atoms with E-state index in [1.807, 2.05) is 44.2 Å². The minimum Gasteiger partial charge on any atom is -0.505 e. The Hall–Kier alpha value is -7.44. The SMILES string of the molecule is C=C1/C=C\C=C/CN(c2cc(C)cc(-c3cc(C(C)(C)CC)ccc3OC(C)C[C@@H](C)Oc3ccc(C(C)(C)C)cc3-c3cc(C)cc(N4C5=CC(C=CC=C5)c5ccccc54)c3O)c2O)c2ccccc21.CC. The summed E-state index contributed by atoms with van der Waals surface area (Å²) in [7, 11) is 0. The quantitative estimate of drug-likeness (QED) is 0.127. The Balaban J connectivity index is 0.00000360. The normalized spacial score (nSPS) is 16.7. The van der Waals surface area contributed by atoms with Gasteiger partial charge in [-0.25, -0.2) is 0 Å². The molecule has 6 aromatic carbocycles. The molecule has 6 aromatic rings. The highest BCUT2D eigenvalue weighted by molar-refractivity contribution is 5.91. The van der Waals surface area contributed by atoms with Crippen LogP contribution in [0.1, 0.15) is 121 Å². The second kappa shape index (κ2) is 22.0. The number of hydrogen-bond acceptors (Lipinski definition) is 6. The van der Waals surface area contributed by atoms with Crippen molar-refractivity contribution in [1.82, 2.24) is 0 Å². The molecule has 9 rings (SSSR count). The summed E-state index contributed by atoms with van der Waals surface area (Å²) in [6, 6.07) is 37.8. The Morgan fingerprint density at radius 3 is 1.84 bits per heavy atom. The predicted octanol–water partition coefficient (Wildman–Crippen LogP) is 18.2. The van der Waals surface area contributed by atoms with Gasteiger partial charge >= 0.3 is 0 Å². The van der Waals surface area contributed by atoms with Gasteiger partial charge in [0.15, 0.2) is 0 Å². The van der Waals surface area contributed by atoms with Gasteiger partial charge in [-0.3, -0.25) is 0 Å². The number of phenolic OH excluding ortho intramolecular Hbond substituents is 2. The summed E-state index contributed by atoms with van der Waals surface area (Å²) in [6.45, 7) is 30.6. The number of nitrogens with zero attached hydrogens (tertiary/aromatic N) is 2. The second-order valence-electron chi connectivity index (χ2n) is 21.6. The van der Waals surface area contributed by atoms with Gasteiger partial charge in [-0.05, 0) is 151 Å². The molecule has 2 unspecified atom stereocenters. The van der Waals surface area contributed by atoms with Crippen molar-refractivity contribution in [3.8, 4) is 45.3 Å². The second-order valence-corrected chi connectivity index (χ2v) is 21.6. The first-order valence-electron chi connectivity index (χ1n) is 26.6. The lowest BCUT2D eigenvalue weighted by Gasteiger charge is -2.34. The molecule has 0 spiro atoms. The first kappa shape index (κ1) is 52.9. The van der Waals surface area contributed by atoms with Crippen molar-refractivity contribution in [2.45, 2.75) is 125 Å². The van der Waals surface area contributed by atoms with Crippen LogP contribution in [0.15, 0.2) is 176 Å². The molecule has 2 bridgehead atoms. The average molecular weight is 985 g/mol. The number of phenols is 2. The lowest BCUT2D eigenvalue weighted by Crippen LogP contribution is -2.23. The molecule has 0 aromatic heterocycles. The third-order valence-corrected chi connectivity index (χ3v) is 14.6. The van der Waals surface area contributed by atoms with Gasteiger partial charge in [0.05, 0.1) is 29.3 Å². The van der Waals surface area contributed by atoms with Gasteiger partial charge in [0, 0.05) is 58.1 Å². The summed E-state index contributed by atoms with van der Waals surface area (Å²) in [5.74, 6) is 1.89. The van der Waals surface area contributed by atoms with Gasteiger partial charge in [-0.2, -0.15) is 0 Å². The van der Waals surface area contributed by atoms with Crippen LogP contribution in [-0.4, -0.2) is 29.0 Å². The third kappa shape index (κ3) is 10.9. The van der Waals surface area contributed by atoms with Crippen LogP contribution < -0.4 is 19.3 Å². The van der Waals surface area contributed by atoms with Crippen LogP contribution in [0.25, 0.3) is 27.8 Å². The van der Waals surface area contributed by atoms with E-state index >= 15 is 0 Å². The zero-order chi connectivity index (χ0) is 53.1. The van der Waals surface area contributed by atoms with Gasteiger partial charge < -0.3 is 29.5 Å². The molecule has 382 valence electrons. The summed E-state index contributed by atoms with van der Waals surface area (Å²) in [6.07, 6.45) is 19.9. The Kier molecular flexibility index (Phi) is 15.7. The number of aryl methyl sites for hydroxylation is 2. The highest BCUT2D eigenvalue weighted by Crippen LogP contribution is 2.51. The minimum absolute atomic E-state index is 0.114. The van der Waals surface area contributed by atoms with E-state index in [9.17, 15) is 10.2 Å². The van der Waals surface area contributed by atoms with Crippen LogP contribution in [0, 0.1) is 13.8 Å². The molecule has 1 aliphatic carbocycles. The molecule has 74 heavy (non-hydrogen) atoms. The standard InChI is InChI=1S/C66H70N2O4.C2H6/c1-12-66(10,11)49-30-32-62(54(41-49)55-34-42(2)36-59(63(55)69)67-33-21-13-14-22-44(4)51-25-17-19-27-57(51)67)72-46(6)38-45(5)71-61-31-29-48(65(7,8)9)40-53(61)56-35-43(3)37-60(64(56)70)68-50-24-16-15-23-47(39-50)52-26-18-20-28-58(52)68;1-2/h13-32,34-37,39-41,45-47,69-70H,4,12,33,38H2,1-3,5-11H3;1-2H3/b21-13-,22-14-;/t45-,46?,47?;/m1./s1. The molecule has 6 nitrogen and oxygen atoms in total. The Morgan fingerprint density at radius 1 is 0.622 bits per heavy atom. The lowest BCUT2D eigenvalue weighted by molar-refractivity contribution is 0.131. The van der Waals surface area contributed by atoms with Crippen molar-refractivity contribution >= 4 is 28.3 Å². The maximum Gasteiger partial charge on any atom is 0.147 e. The largest absolute Gasteiger partial charge is 0.505 e. The number of fused-ring (bicyclic) bond motifs is 4. The molecule has 2 heterocycles. The van der Waals surface area contributed by atoms with Gasteiger partial charge in [0.1, 0.15) is 23.0 Å². The average Bonchev–Trinajstić information content (AvgIpc) is 3.55. The molecule has 0 fully saturated rings. The molecule has 0 radical (unpaired) electrons. The maximum absolute atomic E-state index is 12.6. The fraction of sp³-hybridized carbons (Fsp3) is 0.294. The van der Waals surface area contributed by atoms with E-state index < -0.39 is 0 Å². The first-order chi connectivity index (χ1) is 35.4. The topological polar surface area (TPSA) is 65.4 Å². The number of benzene rings is 6. The number of anilines is 4. The van der Waals surface area contributed by atoms with Crippen molar-refractivity contribution in [2.75, 3.05) is 16.3 Å². The highest BCUT2D eigenvalue weighted by atomic mass is 16.5. The van der Waals surface area contributed by atoms with E-state index in [4.69, 9.17) is 9.47 Å². The minimum atomic E-state index is -0.279. The summed E-state index contributed by atoms with van der Waals surface area (Å²) in [5.41, 5.74) is 14.7. The maximum atomic E-state index is 12.6. The summed E-state index contributed by atoms with van der Waals surface area (Å²) < 4.78 is 14.0. The zero-order valence-electron chi connectivity index (χ0n) is 45.8. The molecule has 6 heteroatoms. The van der Waals surface area contributed by atoms with E-state index in [-0.39, 0.29) is 40.5 Å². The van der Waals surface area contributed by atoms with Crippen LogP contribution in [0.5, 0.6) is 23.0 Å². The van der Waals surface area contributed by atoms with Crippen molar-refractivity contribution in [2.24, 2.45) is 0 Å². The molecular weight excluding hydrogens is 909 g/mol. The van der Waals surface area contributed by atoms with E-state index in [0.29, 0.717) is 47.0 Å². The van der Waals surface area contributed by atoms with Crippen molar-refractivity contribution in [3.63, 3.8) is 0 Å². The van der Waals surface area contributed by atoms with Crippen molar-refractivity contribution < 1.29 is 19.7 Å². The molecule has 0 saturated carbocycles. The number of hydrogen-bond donors (Lipinski definition) is 2. The van der Waals surface area contributed by atoms with Crippen molar-refractivity contribution in [3.05, 3.63) is 210 Å². The van der Waals surface area contributed by atoms with Crippen LogP contribution in [0.4, 0.5) is 22.7 Å². The Labute approximate surface area is 442 Å². The zero-order valence-corrected chi connectivity index (χ0v) is 45.8. The van der Waals surface area contributed by atoms with Gasteiger partial charge in [-0.15, -0.1) is 0 Å². The van der Waals surface area contributed by atoms with E-state index in [2.05, 4.69) is 219 Å². The number of aromatic hydroxyl groups is 2. The monoisotopic (exact) mass is 985 g/mol. The number of rotatable bonds is 12. The van der Waals surface area contributed by atoms with Crippen LogP contribution >= 0.6 is 0 Å². The summed E-state index contributed by atoms with van der Waals surface area (Å²) >= 11 is 0. The fourth-order valence-electron chi connectivity index (χ4n) is 10.3. The van der Waals surface area contributed by atoms with Crippen LogP contribution in [0.2, 0.25) is 0 Å². The predicted molar refractivity (Wildman–Crippen MR) is 313 cm³/mol. The van der Waals surface area contributed by atoms with Gasteiger partial charge in [-0.1, -0.05) is 153 Å². The lowest BCUT2D eigenvalue weighted by atomic mass is 9.81. The first-order valence-corrected chi connectivity index (χ1v) is 26.6. The molecule has 3 atom stereocenters. The van der Waals surface area contributed by atoms with Gasteiger partial charge in [0.2, 0.25) is 0 Å². The van der Waals surface area contributed by atoms with E-state index in [1.54, 1.807) is 0 Å². The smallest absolute Gasteiger partial charge is 0.147 e. The van der Waals surface area contributed by atoms with Gasteiger partial charge in [0.25, 0.3) is 0 Å². The third-order valence-electron chi connectivity index (χ3n) is 14.6. The summed E-state index contributed by atoms with van der Waals surface area (Å²) in [5, 5.41) is 25.1. The van der Waals surface area contributed by atoms with Crippen LogP contribution in [-0.2, 0) is 10.8 Å². The van der Waals surface area contributed by atoms with E-state index in [0.717, 1.165) is 62.4 Å². The molecular formula is C68H76N2O4. The molecule has 2 N–H and O–H groups in total.